The van der Waals surface area contributed by atoms with Crippen LogP contribution in [0.1, 0.15) is 5.56 Å². The van der Waals surface area contributed by atoms with Crippen molar-refractivity contribution in [3.8, 4) is 28.5 Å². The molecule has 0 aliphatic carbocycles. The van der Waals surface area contributed by atoms with Crippen LogP contribution < -0.4 is 14.2 Å². The average Bonchev–Trinajstić information content (AvgIpc) is 3.15. The first-order valence-electron chi connectivity index (χ1n) is 7.60. The molecule has 0 bridgehead atoms. The molecular formula is C19H18N2O3S. The summed E-state index contributed by atoms with van der Waals surface area (Å²) in [6.07, 6.45) is 1.72. The lowest BCUT2D eigenvalue weighted by atomic mass is 10.2. The molecular weight excluding hydrogens is 336 g/mol. The number of aliphatic imine (C=N–C) groups is 1. The SMILES string of the molecule is COc1ccc(/C=N\c2nc(-c3ccccc3)cs2)c(OC)c1OC. The summed E-state index contributed by atoms with van der Waals surface area (Å²) in [5, 5.41) is 2.67. The molecule has 1 aromatic heterocycles. The molecule has 1 heterocycles. The Morgan fingerprint density at radius 2 is 1.68 bits per heavy atom. The summed E-state index contributed by atoms with van der Waals surface area (Å²) in [5.74, 6) is 1.72. The minimum absolute atomic E-state index is 0.540. The lowest BCUT2D eigenvalue weighted by Gasteiger charge is -2.13. The average molecular weight is 354 g/mol. The molecule has 2 aromatic carbocycles. The van der Waals surface area contributed by atoms with Gasteiger partial charge in [-0.3, -0.25) is 0 Å². The number of benzene rings is 2. The van der Waals surface area contributed by atoms with Crippen LogP contribution in [-0.2, 0) is 0 Å². The third-order valence-electron chi connectivity index (χ3n) is 3.61. The number of hydrogen-bond acceptors (Lipinski definition) is 6. The van der Waals surface area contributed by atoms with Crippen molar-refractivity contribution in [1.29, 1.82) is 0 Å². The molecule has 0 saturated carbocycles. The van der Waals surface area contributed by atoms with Crippen LogP contribution in [0, 0.1) is 0 Å². The summed E-state index contributed by atoms with van der Waals surface area (Å²) in [4.78, 5) is 9.02. The fourth-order valence-corrected chi connectivity index (χ4v) is 3.09. The first-order valence-corrected chi connectivity index (χ1v) is 8.48. The predicted octanol–water partition coefficient (Wildman–Crippen LogP) is 4.59. The zero-order chi connectivity index (χ0) is 17.6. The van der Waals surface area contributed by atoms with Crippen molar-refractivity contribution in [2.75, 3.05) is 21.3 Å². The molecule has 0 amide bonds. The molecule has 3 aromatic rings. The van der Waals surface area contributed by atoms with E-state index in [9.17, 15) is 0 Å². The van der Waals surface area contributed by atoms with Crippen LogP contribution in [0.4, 0.5) is 5.13 Å². The molecule has 6 heteroatoms. The van der Waals surface area contributed by atoms with Gasteiger partial charge in [-0.25, -0.2) is 9.98 Å². The van der Waals surface area contributed by atoms with Crippen molar-refractivity contribution in [2.45, 2.75) is 0 Å². The van der Waals surface area contributed by atoms with Crippen LogP contribution >= 0.6 is 11.3 Å². The van der Waals surface area contributed by atoms with Gasteiger partial charge < -0.3 is 14.2 Å². The molecule has 0 aliphatic rings. The van der Waals surface area contributed by atoms with Gasteiger partial charge in [-0.1, -0.05) is 30.3 Å². The Kier molecular flexibility index (Phi) is 5.30. The molecule has 25 heavy (non-hydrogen) atoms. The van der Waals surface area contributed by atoms with Gasteiger partial charge in [0, 0.05) is 22.7 Å². The van der Waals surface area contributed by atoms with Crippen molar-refractivity contribution >= 4 is 22.7 Å². The van der Waals surface area contributed by atoms with Gasteiger partial charge in [-0.05, 0) is 12.1 Å². The number of methoxy groups -OCH3 is 3. The summed E-state index contributed by atoms with van der Waals surface area (Å²) in [7, 11) is 4.76. The Hall–Kier alpha value is -2.86. The van der Waals surface area contributed by atoms with E-state index in [0.29, 0.717) is 22.4 Å². The second-order valence-corrected chi connectivity index (χ2v) is 5.90. The Morgan fingerprint density at radius 3 is 2.36 bits per heavy atom. The van der Waals surface area contributed by atoms with E-state index in [1.54, 1.807) is 27.5 Å². The molecule has 0 N–H and O–H groups in total. The second-order valence-electron chi connectivity index (χ2n) is 5.06. The summed E-state index contributed by atoms with van der Waals surface area (Å²) >= 11 is 1.49. The van der Waals surface area contributed by atoms with Gasteiger partial charge in [0.15, 0.2) is 11.5 Å². The van der Waals surface area contributed by atoms with E-state index in [-0.39, 0.29) is 0 Å². The normalized spacial score (nSPS) is 10.8. The van der Waals surface area contributed by atoms with E-state index in [1.807, 2.05) is 47.8 Å². The van der Waals surface area contributed by atoms with E-state index >= 15 is 0 Å². The Balaban J connectivity index is 1.89. The highest BCUT2D eigenvalue weighted by Gasteiger charge is 2.14. The van der Waals surface area contributed by atoms with Crippen LogP contribution in [-0.4, -0.2) is 32.5 Å². The molecule has 0 saturated heterocycles. The minimum Gasteiger partial charge on any atom is -0.493 e. The second kappa shape index (κ2) is 7.81. The maximum atomic E-state index is 5.46. The molecule has 0 radical (unpaired) electrons. The monoisotopic (exact) mass is 354 g/mol. The quantitative estimate of drug-likeness (QED) is 0.608. The summed E-state index contributed by atoms with van der Waals surface area (Å²) in [6.45, 7) is 0. The molecule has 0 fully saturated rings. The zero-order valence-corrected chi connectivity index (χ0v) is 15.0. The Labute approximate surface area is 150 Å². The summed E-state index contributed by atoms with van der Waals surface area (Å²) in [6, 6.07) is 13.7. The summed E-state index contributed by atoms with van der Waals surface area (Å²) < 4.78 is 16.1. The van der Waals surface area contributed by atoms with Gasteiger partial charge >= 0.3 is 0 Å². The number of hydrogen-bond donors (Lipinski definition) is 0. The Morgan fingerprint density at radius 1 is 0.920 bits per heavy atom. The van der Waals surface area contributed by atoms with Crippen molar-refractivity contribution < 1.29 is 14.2 Å². The molecule has 0 aliphatic heterocycles. The van der Waals surface area contributed by atoms with Crippen LogP contribution in [0.3, 0.4) is 0 Å². The third kappa shape index (κ3) is 3.64. The highest BCUT2D eigenvalue weighted by atomic mass is 32.1. The highest BCUT2D eigenvalue weighted by molar-refractivity contribution is 7.13. The number of rotatable bonds is 6. The van der Waals surface area contributed by atoms with Crippen LogP contribution in [0.2, 0.25) is 0 Å². The topological polar surface area (TPSA) is 52.9 Å². The maximum absolute atomic E-state index is 5.46. The number of ether oxygens (including phenoxy) is 3. The lowest BCUT2D eigenvalue weighted by Crippen LogP contribution is -1.98. The number of nitrogens with zero attached hydrogens (tertiary/aromatic N) is 2. The van der Waals surface area contributed by atoms with E-state index < -0.39 is 0 Å². The van der Waals surface area contributed by atoms with Gasteiger partial charge in [-0.2, -0.15) is 0 Å². The van der Waals surface area contributed by atoms with Gasteiger partial charge in [0.25, 0.3) is 0 Å². The van der Waals surface area contributed by atoms with Crippen molar-refractivity contribution in [3.63, 3.8) is 0 Å². The fourth-order valence-electron chi connectivity index (χ4n) is 2.42. The van der Waals surface area contributed by atoms with Gasteiger partial charge in [0.1, 0.15) is 0 Å². The molecule has 0 unspecified atom stereocenters. The molecule has 0 spiro atoms. The number of aromatic nitrogens is 1. The van der Waals surface area contributed by atoms with E-state index in [0.717, 1.165) is 16.8 Å². The predicted molar refractivity (Wildman–Crippen MR) is 101 cm³/mol. The van der Waals surface area contributed by atoms with Crippen molar-refractivity contribution in [1.82, 2.24) is 4.98 Å². The molecule has 3 rings (SSSR count). The zero-order valence-electron chi connectivity index (χ0n) is 14.2. The van der Waals surface area contributed by atoms with Crippen LogP contribution in [0.25, 0.3) is 11.3 Å². The van der Waals surface area contributed by atoms with E-state index in [4.69, 9.17) is 14.2 Å². The Bertz CT molecular complexity index is 876. The summed E-state index contributed by atoms with van der Waals surface area (Å²) in [5.41, 5.74) is 2.78. The van der Waals surface area contributed by atoms with E-state index in [2.05, 4.69) is 9.98 Å². The van der Waals surface area contributed by atoms with E-state index in [1.165, 1.54) is 11.3 Å². The largest absolute Gasteiger partial charge is 0.493 e. The molecule has 5 nitrogen and oxygen atoms in total. The highest BCUT2D eigenvalue weighted by Crippen LogP contribution is 2.39. The van der Waals surface area contributed by atoms with Crippen molar-refractivity contribution in [3.05, 3.63) is 53.4 Å². The van der Waals surface area contributed by atoms with Gasteiger partial charge in [0.2, 0.25) is 10.9 Å². The minimum atomic E-state index is 0.540. The van der Waals surface area contributed by atoms with Gasteiger partial charge in [0.05, 0.1) is 27.0 Å². The first-order chi connectivity index (χ1) is 12.3. The maximum Gasteiger partial charge on any atom is 0.209 e. The van der Waals surface area contributed by atoms with Crippen molar-refractivity contribution in [2.24, 2.45) is 4.99 Å². The van der Waals surface area contributed by atoms with Crippen LogP contribution in [0.15, 0.2) is 52.8 Å². The third-order valence-corrected chi connectivity index (χ3v) is 4.36. The standard InChI is InChI=1S/C19H18N2O3S/c1-22-16-10-9-14(17(23-2)18(16)24-3)11-20-19-21-15(12-25-19)13-7-5-4-6-8-13/h4-12H,1-3H3/b20-11-. The lowest BCUT2D eigenvalue weighted by molar-refractivity contribution is 0.324. The van der Waals surface area contributed by atoms with Crippen LogP contribution in [0.5, 0.6) is 17.2 Å². The van der Waals surface area contributed by atoms with Gasteiger partial charge in [-0.15, -0.1) is 11.3 Å². The number of thiazole rings is 1. The smallest absolute Gasteiger partial charge is 0.209 e. The fraction of sp³-hybridized carbons (Fsp3) is 0.158. The molecule has 128 valence electrons. The molecule has 0 atom stereocenters. The first kappa shape index (κ1) is 17.0.